The molecule has 0 fully saturated rings. The Morgan fingerprint density at radius 1 is 1.06 bits per heavy atom. The Morgan fingerprint density at radius 2 is 1.86 bits per heavy atom. The highest BCUT2D eigenvalue weighted by Gasteiger charge is 2.21. The Labute approximate surface area is 203 Å². The fourth-order valence-electron chi connectivity index (χ4n) is 3.47. The van der Waals surface area contributed by atoms with Crippen molar-refractivity contribution in [2.24, 2.45) is 0 Å². The number of hydrogen-bond acceptors (Lipinski definition) is 8. The van der Waals surface area contributed by atoms with Crippen LogP contribution in [-0.4, -0.2) is 40.9 Å². The lowest BCUT2D eigenvalue weighted by Gasteiger charge is -2.06. The predicted molar refractivity (Wildman–Crippen MR) is 126 cm³/mol. The fraction of sp³-hybridized carbons (Fsp3) is 0.125. The first-order chi connectivity index (χ1) is 16.8. The first-order valence-corrected chi connectivity index (χ1v) is 10.6. The molecule has 1 heterocycles. The van der Waals surface area contributed by atoms with Gasteiger partial charge in [0, 0.05) is 12.1 Å². The van der Waals surface area contributed by atoms with E-state index in [1.165, 1.54) is 20.3 Å². The van der Waals surface area contributed by atoms with Crippen molar-refractivity contribution in [3.05, 3.63) is 92.5 Å². The lowest BCUT2D eigenvalue weighted by Crippen LogP contribution is -2.10. The van der Waals surface area contributed by atoms with Crippen molar-refractivity contribution in [2.75, 3.05) is 14.2 Å². The zero-order chi connectivity index (χ0) is 25.1. The van der Waals surface area contributed by atoms with E-state index in [0.29, 0.717) is 22.2 Å². The molecule has 11 heteroatoms. The summed E-state index contributed by atoms with van der Waals surface area (Å²) < 4.78 is 17.2. The Morgan fingerprint density at radius 3 is 2.54 bits per heavy atom. The molecule has 35 heavy (non-hydrogen) atoms. The third kappa shape index (κ3) is 4.92. The molecule has 0 atom stereocenters. The Balaban J connectivity index is 1.70. The smallest absolute Gasteiger partial charge is 0.346 e. The second-order valence-corrected chi connectivity index (χ2v) is 7.76. The van der Waals surface area contributed by atoms with Gasteiger partial charge in [-0.1, -0.05) is 23.7 Å². The molecule has 1 aromatic heterocycles. The summed E-state index contributed by atoms with van der Waals surface area (Å²) in [5, 5.41) is 15.8. The van der Waals surface area contributed by atoms with E-state index < -0.39 is 16.9 Å². The van der Waals surface area contributed by atoms with Gasteiger partial charge in [-0.2, -0.15) is 0 Å². The first-order valence-electron chi connectivity index (χ1n) is 10.2. The molecule has 0 aliphatic rings. The van der Waals surface area contributed by atoms with E-state index in [-0.39, 0.29) is 28.7 Å². The van der Waals surface area contributed by atoms with Crippen molar-refractivity contribution in [1.29, 1.82) is 0 Å². The van der Waals surface area contributed by atoms with Crippen molar-refractivity contribution in [1.82, 2.24) is 9.78 Å². The quantitative estimate of drug-likeness (QED) is 0.206. The number of nitro benzene ring substituents is 1. The number of halogens is 1. The molecule has 0 unspecified atom stereocenters. The average Bonchev–Trinajstić information content (AvgIpc) is 3.19. The van der Waals surface area contributed by atoms with Crippen LogP contribution >= 0.6 is 11.6 Å². The minimum atomic E-state index is -0.827. The molecule has 0 saturated carbocycles. The van der Waals surface area contributed by atoms with Gasteiger partial charge < -0.3 is 14.2 Å². The molecule has 4 rings (SSSR count). The van der Waals surface area contributed by atoms with Crippen LogP contribution in [0.5, 0.6) is 11.6 Å². The van der Waals surface area contributed by atoms with Gasteiger partial charge >= 0.3 is 11.9 Å². The number of nitro groups is 1. The van der Waals surface area contributed by atoms with Gasteiger partial charge in [-0.3, -0.25) is 14.8 Å². The summed E-state index contributed by atoms with van der Waals surface area (Å²) in [5.74, 6) is -0.763. The number of rotatable bonds is 7. The van der Waals surface area contributed by atoms with Crippen molar-refractivity contribution in [2.45, 2.75) is 6.54 Å². The normalized spacial score (nSPS) is 10.7. The highest BCUT2D eigenvalue weighted by Crippen LogP contribution is 2.31. The summed E-state index contributed by atoms with van der Waals surface area (Å²) in [5.41, 5.74) is 1.51. The van der Waals surface area contributed by atoms with Crippen LogP contribution in [0.1, 0.15) is 26.3 Å². The zero-order valence-corrected chi connectivity index (χ0v) is 19.3. The molecule has 3 aromatic carbocycles. The molecule has 0 spiro atoms. The number of methoxy groups -OCH3 is 2. The molecule has 0 aliphatic heterocycles. The molecule has 178 valence electrons. The van der Waals surface area contributed by atoms with Gasteiger partial charge in [0.15, 0.2) is 0 Å². The second-order valence-electron chi connectivity index (χ2n) is 7.35. The van der Waals surface area contributed by atoms with E-state index in [2.05, 4.69) is 5.10 Å². The number of non-ortho nitro benzene ring substituents is 1. The number of carbonyl (C=O) groups is 2. The van der Waals surface area contributed by atoms with E-state index in [9.17, 15) is 19.7 Å². The summed E-state index contributed by atoms with van der Waals surface area (Å²) in [7, 11) is 2.81. The van der Waals surface area contributed by atoms with Crippen LogP contribution in [0.2, 0.25) is 5.02 Å². The lowest BCUT2D eigenvalue weighted by molar-refractivity contribution is -0.384. The predicted octanol–water partition coefficient (Wildman–Crippen LogP) is 4.66. The molecule has 0 saturated heterocycles. The van der Waals surface area contributed by atoms with Crippen molar-refractivity contribution < 1.29 is 28.7 Å². The van der Waals surface area contributed by atoms with Crippen molar-refractivity contribution in [3.63, 3.8) is 0 Å². The van der Waals surface area contributed by atoms with Gasteiger partial charge in [0.25, 0.3) is 5.69 Å². The number of esters is 2. The maximum absolute atomic E-state index is 12.8. The molecule has 0 N–H and O–H groups in total. The van der Waals surface area contributed by atoms with Crippen LogP contribution in [0, 0.1) is 10.1 Å². The SMILES string of the molecule is COC(=O)c1cccc(Cn2nc(OC(=O)c3ccc([N+](=O)[O-])cc3Cl)c3cc(OC)ccc32)c1. The Bertz CT molecular complexity index is 1470. The van der Waals surface area contributed by atoms with Crippen LogP contribution < -0.4 is 9.47 Å². The van der Waals surface area contributed by atoms with Crippen LogP contribution in [0.15, 0.2) is 60.7 Å². The number of fused-ring (bicyclic) bond motifs is 1. The molecule has 0 aliphatic carbocycles. The van der Waals surface area contributed by atoms with Gasteiger partial charge in [-0.15, -0.1) is 5.10 Å². The maximum Gasteiger partial charge on any atom is 0.346 e. The summed E-state index contributed by atoms with van der Waals surface area (Å²) in [6, 6.07) is 15.5. The second kappa shape index (κ2) is 9.82. The number of hydrogen-bond donors (Lipinski definition) is 0. The minimum Gasteiger partial charge on any atom is -0.497 e. The molecule has 0 bridgehead atoms. The number of carbonyl (C=O) groups excluding carboxylic acids is 2. The van der Waals surface area contributed by atoms with E-state index in [0.717, 1.165) is 17.7 Å². The van der Waals surface area contributed by atoms with Crippen LogP contribution in [0.3, 0.4) is 0 Å². The molecule has 0 amide bonds. The zero-order valence-electron chi connectivity index (χ0n) is 18.6. The van der Waals surface area contributed by atoms with Gasteiger partial charge in [0.2, 0.25) is 5.88 Å². The summed E-state index contributed by atoms with van der Waals surface area (Å²) in [4.78, 5) is 35.0. The van der Waals surface area contributed by atoms with E-state index >= 15 is 0 Å². The van der Waals surface area contributed by atoms with Gasteiger partial charge in [-0.25, -0.2) is 9.59 Å². The number of aromatic nitrogens is 2. The highest BCUT2D eigenvalue weighted by molar-refractivity contribution is 6.33. The van der Waals surface area contributed by atoms with Gasteiger partial charge in [0.1, 0.15) is 5.75 Å². The largest absolute Gasteiger partial charge is 0.497 e. The standard InChI is InChI=1S/C24H18ClN3O7/c1-33-17-7-9-21-19(12-17)22(35-24(30)18-8-6-16(28(31)32)11-20(18)25)26-27(21)13-14-4-3-5-15(10-14)23(29)34-2/h3-12H,13H2,1-2H3. The summed E-state index contributed by atoms with van der Waals surface area (Å²) in [6.45, 7) is 0.267. The summed E-state index contributed by atoms with van der Waals surface area (Å²) >= 11 is 6.08. The lowest BCUT2D eigenvalue weighted by atomic mass is 10.1. The van der Waals surface area contributed by atoms with Crippen LogP contribution in [0.25, 0.3) is 10.9 Å². The fourth-order valence-corrected chi connectivity index (χ4v) is 3.72. The van der Waals surface area contributed by atoms with E-state index in [1.807, 2.05) is 6.07 Å². The Kier molecular flexibility index (Phi) is 6.65. The topological polar surface area (TPSA) is 123 Å². The summed E-state index contributed by atoms with van der Waals surface area (Å²) in [6.07, 6.45) is 0. The van der Waals surface area contributed by atoms with E-state index in [4.69, 9.17) is 25.8 Å². The minimum absolute atomic E-state index is 0.00226. The molecule has 0 radical (unpaired) electrons. The molecule has 10 nitrogen and oxygen atoms in total. The van der Waals surface area contributed by atoms with Crippen LogP contribution in [0.4, 0.5) is 5.69 Å². The molecular formula is C24H18ClN3O7. The van der Waals surface area contributed by atoms with Gasteiger partial charge in [0.05, 0.1) is 52.7 Å². The third-order valence-electron chi connectivity index (χ3n) is 5.18. The number of ether oxygens (including phenoxy) is 3. The van der Waals surface area contributed by atoms with Crippen molar-refractivity contribution >= 4 is 40.1 Å². The first kappa shape index (κ1) is 23.7. The number of nitrogens with zero attached hydrogens (tertiary/aromatic N) is 3. The van der Waals surface area contributed by atoms with Gasteiger partial charge in [-0.05, 0) is 42.0 Å². The average molecular weight is 496 g/mol. The monoisotopic (exact) mass is 495 g/mol. The molecule has 4 aromatic rings. The maximum atomic E-state index is 12.8. The van der Waals surface area contributed by atoms with Crippen LogP contribution in [-0.2, 0) is 11.3 Å². The van der Waals surface area contributed by atoms with Crippen molar-refractivity contribution in [3.8, 4) is 11.6 Å². The Hall–Kier alpha value is -4.44. The number of benzene rings is 3. The highest BCUT2D eigenvalue weighted by atomic mass is 35.5. The van der Waals surface area contributed by atoms with E-state index in [1.54, 1.807) is 41.1 Å². The third-order valence-corrected chi connectivity index (χ3v) is 5.49. The molecular weight excluding hydrogens is 478 g/mol.